The van der Waals surface area contributed by atoms with Crippen molar-refractivity contribution < 1.29 is 18.9 Å². The first kappa shape index (κ1) is 20.5. The molecule has 0 aliphatic rings. The number of carbonyl (C=O) groups is 2. The van der Waals surface area contributed by atoms with Crippen LogP contribution in [0, 0.1) is 15.9 Å². The topological polar surface area (TPSA) is 113 Å². The van der Waals surface area contributed by atoms with Crippen molar-refractivity contribution in [2.24, 2.45) is 0 Å². The lowest BCUT2D eigenvalue weighted by Gasteiger charge is -2.10. The number of para-hydroxylation sites is 1. The van der Waals surface area contributed by atoms with Gasteiger partial charge in [-0.25, -0.2) is 4.39 Å². The van der Waals surface area contributed by atoms with Crippen LogP contribution in [0.3, 0.4) is 0 Å². The van der Waals surface area contributed by atoms with Crippen molar-refractivity contribution in [1.82, 2.24) is 10.9 Å². The number of nitro groups is 1. The van der Waals surface area contributed by atoms with Crippen LogP contribution in [0.15, 0.2) is 72.8 Å². The molecule has 0 aliphatic heterocycles. The molecule has 3 rings (SSSR count). The first-order chi connectivity index (χ1) is 14.4. The maximum atomic E-state index is 12.9. The maximum absolute atomic E-state index is 12.9. The Kier molecular flexibility index (Phi) is 6.33. The van der Waals surface area contributed by atoms with Gasteiger partial charge in [-0.1, -0.05) is 30.3 Å². The molecule has 0 heterocycles. The zero-order chi connectivity index (χ0) is 21.5. The van der Waals surface area contributed by atoms with E-state index in [2.05, 4.69) is 16.2 Å². The highest BCUT2D eigenvalue weighted by atomic mass is 19.1. The van der Waals surface area contributed by atoms with Gasteiger partial charge in [0, 0.05) is 17.3 Å². The van der Waals surface area contributed by atoms with Crippen LogP contribution in [0.5, 0.6) is 0 Å². The Morgan fingerprint density at radius 2 is 1.63 bits per heavy atom. The number of halogens is 1. The van der Waals surface area contributed by atoms with Crippen LogP contribution in [0.25, 0.3) is 0 Å². The molecule has 9 heteroatoms. The first-order valence-electron chi connectivity index (χ1n) is 8.86. The van der Waals surface area contributed by atoms with Gasteiger partial charge in [-0.15, -0.1) is 0 Å². The fourth-order valence-corrected chi connectivity index (χ4v) is 2.64. The summed E-state index contributed by atoms with van der Waals surface area (Å²) in [4.78, 5) is 35.0. The monoisotopic (exact) mass is 408 g/mol. The van der Waals surface area contributed by atoms with Gasteiger partial charge < -0.3 is 5.32 Å². The number of hydrazine groups is 1. The third-order valence-electron chi connectivity index (χ3n) is 4.10. The Morgan fingerprint density at radius 3 is 2.30 bits per heavy atom. The summed E-state index contributed by atoms with van der Waals surface area (Å²) in [5, 5.41) is 14.3. The van der Waals surface area contributed by atoms with E-state index in [1.54, 1.807) is 24.3 Å². The summed E-state index contributed by atoms with van der Waals surface area (Å²) < 4.78 is 12.9. The van der Waals surface area contributed by atoms with Crippen LogP contribution in [0.4, 0.5) is 21.5 Å². The summed E-state index contributed by atoms with van der Waals surface area (Å²) in [6, 6.07) is 18.2. The van der Waals surface area contributed by atoms with Gasteiger partial charge in [0.05, 0.1) is 11.3 Å². The van der Waals surface area contributed by atoms with Crippen LogP contribution >= 0.6 is 0 Å². The smallest absolute Gasteiger partial charge is 0.293 e. The van der Waals surface area contributed by atoms with Gasteiger partial charge in [-0.3, -0.25) is 30.6 Å². The molecule has 0 bridgehead atoms. The van der Waals surface area contributed by atoms with Crippen LogP contribution in [0.1, 0.15) is 15.9 Å². The number of nitrogens with one attached hydrogen (secondary N) is 3. The number of amides is 2. The highest BCUT2D eigenvalue weighted by Crippen LogP contribution is 2.28. The van der Waals surface area contributed by atoms with E-state index in [9.17, 15) is 24.1 Å². The number of anilines is 2. The van der Waals surface area contributed by atoms with Gasteiger partial charge >= 0.3 is 0 Å². The van der Waals surface area contributed by atoms with E-state index in [4.69, 9.17) is 0 Å². The Hall–Kier alpha value is -4.27. The lowest BCUT2D eigenvalue weighted by molar-refractivity contribution is -0.383. The van der Waals surface area contributed by atoms with Gasteiger partial charge in [0.25, 0.3) is 11.6 Å². The largest absolute Gasteiger partial charge is 0.350 e. The number of nitrogens with zero attached hydrogens (tertiary/aromatic N) is 1. The van der Waals surface area contributed by atoms with Gasteiger partial charge in [0.1, 0.15) is 11.5 Å². The predicted molar refractivity (Wildman–Crippen MR) is 109 cm³/mol. The van der Waals surface area contributed by atoms with Crippen molar-refractivity contribution in [1.29, 1.82) is 0 Å². The molecular weight excluding hydrogens is 391 g/mol. The Morgan fingerprint density at radius 1 is 0.933 bits per heavy atom. The fourth-order valence-electron chi connectivity index (χ4n) is 2.64. The second kappa shape index (κ2) is 9.28. The van der Waals surface area contributed by atoms with Crippen molar-refractivity contribution in [3.05, 3.63) is 99.9 Å². The zero-order valence-electron chi connectivity index (χ0n) is 15.6. The van der Waals surface area contributed by atoms with Crippen molar-refractivity contribution in [3.63, 3.8) is 0 Å². The van der Waals surface area contributed by atoms with E-state index in [0.29, 0.717) is 11.3 Å². The number of hydrogen-bond donors (Lipinski definition) is 3. The zero-order valence-corrected chi connectivity index (χ0v) is 15.6. The maximum Gasteiger partial charge on any atom is 0.293 e. The second-order valence-corrected chi connectivity index (χ2v) is 6.29. The normalized spacial score (nSPS) is 10.2. The number of hydrogen-bond acceptors (Lipinski definition) is 5. The number of carbonyl (C=O) groups excluding carboxylic acids is 2. The molecule has 0 spiro atoms. The quantitative estimate of drug-likeness (QED) is 0.427. The average Bonchev–Trinajstić information content (AvgIpc) is 2.74. The molecule has 0 radical (unpaired) electrons. The van der Waals surface area contributed by atoms with E-state index in [1.807, 2.05) is 6.07 Å². The molecule has 0 saturated carbocycles. The molecule has 0 unspecified atom stereocenters. The summed E-state index contributed by atoms with van der Waals surface area (Å²) in [5.41, 5.74) is 5.60. The summed E-state index contributed by atoms with van der Waals surface area (Å²) in [5.74, 6) is -1.65. The minimum Gasteiger partial charge on any atom is -0.350 e. The van der Waals surface area contributed by atoms with Gasteiger partial charge in [0.15, 0.2) is 0 Å². The fraction of sp³-hybridized carbons (Fsp3) is 0.0476. The number of rotatable bonds is 6. The lowest BCUT2D eigenvalue weighted by Crippen LogP contribution is -2.42. The third kappa shape index (κ3) is 5.38. The van der Waals surface area contributed by atoms with E-state index in [-0.39, 0.29) is 23.4 Å². The molecule has 3 aromatic carbocycles. The standard InChI is InChI=1S/C21H17FN4O4/c22-16-9-6-14(7-10-16)12-20(27)24-25-21(28)15-8-11-18(19(13-15)26(29)30)23-17-4-2-1-3-5-17/h1-11,13,23H,12H2,(H,24,27)(H,25,28). The molecule has 0 aromatic heterocycles. The second-order valence-electron chi connectivity index (χ2n) is 6.29. The number of nitro benzene ring substituents is 1. The van der Waals surface area contributed by atoms with E-state index in [0.717, 1.165) is 6.07 Å². The minimum atomic E-state index is -0.711. The van der Waals surface area contributed by atoms with E-state index >= 15 is 0 Å². The van der Waals surface area contributed by atoms with Gasteiger partial charge in [-0.2, -0.15) is 0 Å². The Balaban J connectivity index is 1.65. The Labute approximate surface area is 170 Å². The van der Waals surface area contributed by atoms with Crippen LogP contribution in [-0.4, -0.2) is 16.7 Å². The van der Waals surface area contributed by atoms with Crippen molar-refractivity contribution in [2.45, 2.75) is 6.42 Å². The SMILES string of the molecule is O=C(Cc1ccc(F)cc1)NNC(=O)c1ccc(Nc2ccccc2)c([N+](=O)[O-])c1. The van der Waals surface area contributed by atoms with Crippen molar-refractivity contribution >= 4 is 28.9 Å². The van der Waals surface area contributed by atoms with Crippen molar-refractivity contribution in [2.75, 3.05) is 5.32 Å². The lowest BCUT2D eigenvalue weighted by atomic mass is 10.1. The summed E-state index contributed by atoms with van der Waals surface area (Å²) in [6.45, 7) is 0. The molecule has 3 N–H and O–H groups in total. The highest BCUT2D eigenvalue weighted by molar-refractivity contribution is 5.97. The molecule has 0 saturated heterocycles. The molecule has 152 valence electrons. The molecule has 2 amide bonds. The van der Waals surface area contributed by atoms with Crippen LogP contribution in [-0.2, 0) is 11.2 Å². The molecule has 3 aromatic rings. The molecule has 0 fully saturated rings. The van der Waals surface area contributed by atoms with Gasteiger partial charge in [-0.05, 0) is 42.0 Å². The van der Waals surface area contributed by atoms with Gasteiger partial charge in [0.2, 0.25) is 5.91 Å². The Bertz CT molecular complexity index is 1070. The summed E-state index contributed by atoms with van der Waals surface area (Å²) in [6.07, 6.45) is -0.0688. The molecule has 30 heavy (non-hydrogen) atoms. The summed E-state index contributed by atoms with van der Waals surface area (Å²) in [7, 11) is 0. The minimum absolute atomic E-state index is 0.00222. The average molecular weight is 408 g/mol. The van der Waals surface area contributed by atoms with Crippen LogP contribution in [0.2, 0.25) is 0 Å². The van der Waals surface area contributed by atoms with Crippen LogP contribution < -0.4 is 16.2 Å². The summed E-state index contributed by atoms with van der Waals surface area (Å²) >= 11 is 0. The molecule has 8 nitrogen and oxygen atoms in total. The first-order valence-corrected chi connectivity index (χ1v) is 8.86. The van der Waals surface area contributed by atoms with E-state index in [1.165, 1.54) is 36.4 Å². The predicted octanol–water partition coefficient (Wildman–Crippen LogP) is 3.48. The highest BCUT2D eigenvalue weighted by Gasteiger charge is 2.18. The van der Waals surface area contributed by atoms with E-state index < -0.39 is 22.6 Å². The molecule has 0 aliphatic carbocycles. The van der Waals surface area contributed by atoms with Crippen molar-refractivity contribution in [3.8, 4) is 0 Å². The molecular formula is C21H17FN4O4. The number of benzene rings is 3. The molecule has 0 atom stereocenters. The third-order valence-corrected chi connectivity index (χ3v) is 4.10.